The van der Waals surface area contributed by atoms with Crippen molar-refractivity contribution >= 4 is 5.91 Å². The van der Waals surface area contributed by atoms with Gasteiger partial charge in [0, 0.05) is 30.5 Å². The predicted octanol–water partition coefficient (Wildman–Crippen LogP) is 2.06. The highest BCUT2D eigenvalue weighted by molar-refractivity contribution is 5.94. The number of aliphatic hydroxyl groups excluding tert-OH is 1. The molecule has 1 fully saturated rings. The van der Waals surface area contributed by atoms with E-state index in [0.717, 1.165) is 31.4 Å². The quantitative estimate of drug-likeness (QED) is 0.820. The van der Waals surface area contributed by atoms with Gasteiger partial charge in [0.1, 0.15) is 0 Å². The molecule has 1 heterocycles. The molecule has 1 amide bonds. The van der Waals surface area contributed by atoms with E-state index in [1.165, 1.54) is 6.42 Å². The summed E-state index contributed by atoms with van der Waals surface area (Å²) in [6, 6.07) is 3.72. The maximum absolute atomic E-state index is 12.2. The maximum Gasteiger partial charge on any atom is 0.253 e. The van der Waals surface area contributed by atoms with Crippen molar-refractivity contribution in [3.8, 4) is 0 Å². The first-order valence-electron chi connectivity index (χ1n) is 7.05. The molecule has 0 radical (unpaired) electrons. The van der Waals surface area contributed by atoms with Gasteiger partial charge in [-0.1, -0.05) is 19.3 Å². The Hall–Kier alpha value is -1.42. The van der Waals surface area contributed by atoms with Crippen molar-refractivity contribution < 1.29 is 9.90 Å². The lowest BCUT2D eigenvalue weighted by molar-refractivity contribution is 0.0899. The third-order valence-electron chi connectivity index (χ3n) is 3.88. The topological polar surface area (TPSA) is 62.2 Å². The number of rotatable bonds is 3. The fraction of sp³-hybridized carbons (Fsp3) is 0.600. The van der Waals surface area contributed by atoms with Gasteiger partial charge in [0.25, 0.3) is 5.91 Å². The number of pyridine rings is 1. The van der Waals surface area contributed by atoms with Gasteiger partial charge in [-0.05, 0) is 31.9 Å². The van der Waals surface area contributed by atoms with Crippen LogP contribution in [0, 0.1) is 12.8 Å². The zero-order valence-corrected chi connectivity index (χ0v) is 11.4. The molecule has 2 N–H and O–H groups in total. The lowest BCUT2D eigenvalue weighted by atomic mass is 9.95. The van der Waals surface area contributed by atoms with Gasteiger partial charge in [0.05, 0.1) is 5.56 Å². The van der Waals surface area contributed by atoms with E-state index >= 15 is 0 Å². The summed E-state index contributed by atoms with van der Waals surface area (Å²) in [4.78, 5) is 16.3. The summed E-state index contributed by atoms with van der Waals surface area (Å²) in [5, 5.41) is 12.5. The zero-order chi connectivity index (χ0) is 13.7. The molecule has 0 aliphatic heterocycles. The van der Waals surface area contributed by atoms with Gasteiger partial charge >= 0.3 is 0 Å². The molecule has 1 aliphatic rings. The third-order valence-corrected chi connectivity index (χ3v) is 3.88. The van der Waals surface area contributed by atoms with E-state index in [1.54, 1.807) is 12.3 Å². The molecule has 104 valence electrons. The third kappa shape index (κ3) is 3.77. The summed E-state index contributed by atoms with van der Waals surface area (Å²) in [5.74, 6) is 0.0997. The molecule has 0 saturated heterocycles. The monoisotopic (exact) mass is 262 g/mol. The molecule has 2 rings (SSSR count). The number of amides is 1. The Labute approximate surface area is 114 Å². The van der Waals surface area contributed by atoms with Crippen LogP contribution in [0.5, 0.6) is 0 Å². The van der Waals surface area contributed by atoms with Gasteiger partial charge < -0.3 is 10.4 Å². The van der Waals surface area contributed by atoms with E-state index in [2.05, 4.69) is 10.3 Å². The minimum Gasteiger partial charge on any atom is -0.396 e. The number of hydrogen-bond acceptors (Lipinski definition) is 3. The molecule has 1 saturated carbocycles. The Kier molecular flexibility index (Phi) is 4.91. The molecule has 1 aromatic heterocycles. The van der Waals surface area contributed by atoms with Crippen LogP contribution in [-0.2, 0) is 0 Å². The van der Waals surface area contributed by atoms with Crippen molar-refractivity contribution in [2.75, 3.05) is 6.61 Å². The van der Waals surface area contributed by atoms with Crippen LogP contribution in [0.1, 0.15) is 48.2 Å². The minimum absolute atomic E-state index is 0.0845. The molecule has 19 heavy (non-hydrogen) atoms. The summed E-state index contributed by atoms with van der Waals surface area (Å²) < 4.78 is 0. The summed E-state index contributed by atoms with van der Waals surface area (Å²) in [6.07, 6.45) is 7.01. The SMILES string of the molecule is Cc1ccc(C(=O)NC2CCCCCC2CO)cn1. The molecule has 0 aromatic carbocycles. The molecule has 4 heteroatoms. The van der Waals surface area contributed by atoms with E-state index in [0.29, 0.717) is 5.56 Å². The molecule has 2 atom stereocenters. The molecule has 1 aromatic rings. The van der Waals surface area contributed by atoms with Crippen molar-refractivity contribution in [1.29, 1.82) is 0 Å². The first kappa shape index (κ1) is 14.0. The van der Waals surface area contributed by atoms with Crippen LogP contribution in [0.4, 0.5) is 0 Å². The zero-order valence-electron chi connectivity index (χ0n) is 11.4. The van der Waals surface area contributed by atoms with Crippen molar-refractivity contribution in [3.05, 3.63) is 29.6 Å². The van der Waals surface area contributed by atoms with Gasteiger partial charge in [-0.15, -0.1) is 0 Å². The molecule has 0 bridgehead atoms. The number of nitrogens with zero attached hydrogens (tertiary/aromatic N) is 1. The van der Waals surface area contributed by atoms with Gasteiger partial charge in [-0.25, -0.2) is 0 Å². The smallest absolute Gasteiger partial charge is 0.253 e. The van der Waals surface area contributed by atoms with Crippen LogP contribution < -0.4 is 5.32 Å². The lowest BCUT2D eigenvalue weighted by Gasteiger charge is -2.24. The van der Waals surface area contributed by atoms with Crippen LogP contribution in [0.25, 0.3) is 0 Å². The molecule has 1 aliphatic carbocycles. The molecular formula is C15H22N2O2. The first-order chi connectivity index (χ1) is 9.20. The van der Waals surface area contributed by atoms with Crippen molar-refractivity contribution in [2.45, 2.75) is 45.1 Å². The average molecular weight is 262 g/mol. The summed E-state index contributed by atoms with van der Waals surface area (Å²) in [6.45, 7) is 2.05. The van der Waals surface area contributed by atoms with E-state index in [1.807, 2.05) is 13.0 Å². The number of aliphatic hydroxyl groups is 1. The molecule has 4 nitrogen and oxygen atoms in total. The van der Waals surface area contributed by atoms with Crippen LogP contribution >= 0.6 is 0 Å². The number of carbonyl (C=O) groups excluding carboxylic acids is 1. The van der Waals surface area contributed by atoms with Crippen molar-refractivity contribution in [1.82, 2.24) is 10.3 Å². The van der Waals surface area contributed by atoms with E-state index in [-0.39, 0.29) is 24.5 Å². The fourth-order valence-electron chi connectivity index (χ4n) is 2.65. The van der Waals surface area contributed by atoms with Gasteiger partial charge in [-0.3, -0.25) is 9.78 Å². The highest BCUT2D eigenvalue weighted by atomic mass is 16.3. The van der Waals surface area contributed by atoms with Gasteiger partial charge in [0.15, 0.2) is 0 Å². The summed E-state index contributed by atoms with van der Waals surface area (Å²) in [5.41, 5.74) is 1.49. The number of aryl methyl sites for hydroxylation is 1. The Morgan fingerprint density at radius 2 is 2.16 bits per heavy atom. The van der Waals surface area contributed by atoms with E-state index in [9.17, 15) is 9.90 Å². The average Bonchev–Trinajstić information content (AvgIpc) is 2.64. The maximum atomic E-state index is 12.2. The minimum atomic E-state index is -0.0853. The number of aromatic nitrogens is 1. The van der Waals surface area contributed by atoms with E-state index < -0.39 is 0 Å². The Morgan fingerprint density at radius 1 is 1.37 bits per heavy atom. The second-order valence-electron chi connectivity index (χ2n) is 5.35. The molecule has 0 spiro atoms. The summed E-state index contributed by atoms with van der Waals surface area (Å²) in [7, 11) is 0. The van der Waals surface area contributed by atoms with Crippen LogP contribution in [-0.4, -0.2) is 28.6 Å². The number of carbonyl (C=O) groups is 1. The second kappa shape index (κ2) is 6.66. The van der Waals surface area contributed by atoms with Crippen molar-refractivity contribution in [2.24, 2.45) is 5.92 Å². The normalized spacial score (nSPS) is 23.7. The first-order valence-corrected chi connectivity index (χ1v) is 7.05. The standard InChI is InChI=1S/C15H22N2O2/c1-11-7-8-12(9-16-11)15(19)17-14-6-4-2-3-5-13(14)10-18/h7-9,13-14,18H,2-6,10H2,1H3,(H,17,19). The molecule has 2 unspecified atom stereocenters. The van der Waals surface area contributed by atoms with E-state index in [4.69, 9.17) is 0 Å². The molecular weight excluding hydrogens is 240 g/mol. The Balaban J connectivity index is 2.01. The second-order valence-corrected chi connectivity index (χ2v) is 5.35. The van der Waals surface area contributed by atoms with Gasteiger partial charge in [-0.2, -0.15) is 0 Å². The van der Waals surface area contributed by atoms with Crippen LogP contribution in [0.2, 0.25) is 0 Å². The lowest BCUT2D eigenvalue weighted by Crippen LogP contribution is -2.41. The summed E-state index contributed by atoms with van der Waals surface area (Å²) >= 11 is 0. The number of nitrogens with one attached hydrogen (secondary N) is 1. The Bertz CT molecular complexity index is 417. The highest BCUT2D eigenvalue weighted by Gasteiger charge is 2.24. The highest BCUT2D eigenvalue weighted by Crippen LogP contribution is 2.23. The largest absolute Gasteiger partial charge is 0.396 e. The van der Waals surface area contributed by atoms with Crippen LogP contribution in [0.3, 0.4) is 0 Å². The fourth-order valence-corrected chi connectivity index (χ4v) is 2.65. The van der Waals surface area contributed by atoms with Crippen LogP contribution in [0.15, 0.2) is 18.3 Å². The van der Waals surface area contributed by atoms with Crippen molar-refractivity contribution in [3.63, 3.8) is 0 Å². The van der Waals surface area contributed by atoms with Gasteiger partial charge in [0.2, 0.25) is 0 Å². The Morgan fingerprint density at radius 3 is 2.84 bits per heavy atom. The number of hydrogen-bond donors (Lipinski definition) is 2. The predicted molar refractivity (Wildman–Crippen MR) is 73.9 cm³/mol.